The first kappa shape index (κ1) is 10.9. The van der Waals surface area contributed by atoms with Gasteiger partial charge in [0.05, 0.1) is 4.47 Å². The summed E-state index contributed by atoms with van der Waals surface area (Å²) in [7, 11) is 0. The molecule has 4 heteroatoms. The minimum Gasteiger partial charge on any atom is -0.506 e. The average Bonchev–Trinajstić information content (AvgIpc) is 2.91. The summed E-state index contributed by atoms with van der Waals surface area (Å²) in [6, 6.07) is 2.57. The molecule has 0 aliphatic heterocycles. The maximum atomic E-state index is 13.2. The SMILES string of the molecule is CC(N)C1(c2cc(F)cc(Br)c2O)CC1. The molecule has 0 heterocycles. The predicted octanol–water partition coefficient (Wildman–Crippen LogP) is 2.67. The topological polar surface area (TPSA) is 46.2 Å². The molecule has 0 bridgehead atoms. The van der Waals surface area contributed by atoms with E-state index in [0.717, 1.165) is 12.8 Å². The van der Waals surface area contributed by atoms with Crippen LogP contribution in [-0.2, 0) is 5.41 Å². The van der Waals surface area contributed by atoms with E-state index in [-0.39, 0.29) is 23.0 Å². The quantitative estimate of drug-likeness (QED) is 0.871. The molecule has 1 atom stereocenters. The molecule has 1 fully saturated rings. The minimum atomic E-state index is -0.346. The fourth-order valence-corrected chi connectivity index (χ4v) is 2.48. The second-order valence-corrected chi connectivity index (χ2v) is 5.08. The standard InChI is InChI=1S/C11H13BrFNO/c1-6(14)11(2-3-11)8-4-7(13)5-9(12)10(8)15/h4-6,15H,2-3,14H2,1H3. The molecule has 2 rings (SSSR count). The first-order chi connectivity index (χ1) is 6.97. The Hall–Kier alpha value is -0.610. The Morgan fingerprint density at radius 3 is 2.60 bits per heavy atom. The highest BCUT2D eigenvalue weighted by Gasteiger charge is 2.49. The van der Waals surface area contributed by atoms with Crippen molar-refractivity contribution in [1.82, 2.24) is 0 Å². The van der Waals surface area contributed by atoms with E-state index in [4.69, 9.17) is 5.73 Å². The summed E-state index contributed by atoms with van der Waals surface area (Å²) in [5, 5.41) is 9.88. The van der Waals surface area contributed by atoms with Gasteiger partial charge in [0.15, 0.2) is 0 Å². The number of benzene rings is 1. The maximum absolute atomic E-state index is 13.2. The first-order valence-corrected chi connectivity index (χ1v) is 5.71. The van der Waals surface area contributed by atoms with E-state index in [0.29, 0.717) is 10.0 Å². The molecule has 1 aromatic carbocycles. The van der Waals surface area contributed by atoms with E-state index in [2.05, 4.69) is 15.9 Å². The van der Waals surface area contributed by atoms with Gasteiger partial charge in [0.25, 0.3) is 0 Å². The zero-order valence-corrected chi connectivity index (χ0v) is 10.0. The van der Waals surface area contributed by atoms with Crippen LogP contribution in [0.25, 0.3) is 0 Å². The van der Waals surface area contributed by atoms with E-state index in [1.165, 1.54) is 12.1 Å². The van der Waals surface area contributed by atoms with Crippen LogP contribution < -0.4 is 5.73 Å². The van der Waals surface area contributed by atoms with Crippen LogP contribution in [-0.4, -0.2) is 11.1 Å². The number of halogens is 2. The summed E-state index contributed by atoms with van der Waals surface area (Å²) in [6.07, 6.45) is 1.82. The van der Waals surface area contributed by atoms with Gasteiger partial charge >= 0.3 is 0 Å². The summed E-state index contributed by atoms with van der Waals surface area (Å²) in [4.78, 5) is 0. The number of aromatic hydroxyl groups is 1. The summed E-state index contributed by atoms with van der Waals surface area (Å²) in [5.41, 5.74) is 6.29. The molecule has 0 aromatic heterocycles. The van der Waals surface area contributed by atoms with Gasteiger partial charge in [-0.05, 0) is 47.8 Å². The van der Waals surface area contributed by atoms with E-state index in [1.54, 1.807) is 0 Å². The second-order valence-electron chi connectivity index (χ2n) is 4.23. The van der Waals surface area contributed by atoms with Crippen molar-refractivity contribution in [2.24, 2.45) is 5.73 Å². The molecule has 82 valence electrons. The Morgan fingerprint density at radius 2 is 2.13 bits per heavy atom. The highest BCUT2D eigenvalue weighted by molar-refractivity contribution is 9.10. The maximum Gasteiger partial charge on any atom is 0.133 e. The molecule has 0 saturated heterocycles. The molecule has 1 unspecified atom stereocenters. The predicted molar refractivity (Wildman–Crippen MR) is 60.3 cm³/mol. The lowest BCUT2D eigenvalue weighted by molar-refractivity contribution is 0.440. The minimum absolute atomic E-state index is 0.0721. The Kier molecular flexibility index (Phi) is 2.51. The second kappa shape index (κ2) is 3.46. The number of rotatable bonds is 2. The third-order valence-corrected chi connectivity index (χ3v) is 3.83. The first-order valence-electron chi connectivity index (χ1n) is 4.91. The molecular formula is C11H13BrFNO. The van der Waals surface area contributed by atoms with Crippen LogP contribution in [0, 0.1) is 5.82 Å². The summed E-state index contributed by atoms with van der Waals surface area (Å²) >= 11 is 3.14. The van der Waals surface area contributed by atoms with Gasteiger partial charge in [0.2, 0.25) is 0 Å². The van der Waals surface area contributed by atoms with E-state index < -0.39 is 0 Å². The Morgan fingerprint density at radius 1 is 1.53 bits per heavy atom. The van der Waals surface area contributed by atoms with Crippen molar-refractivity contribution < 1.29 is 9.50 Å². The fourth-order valence-electron chi connectivity index (χ4n) is 2.05. The van der Waals surface area contributed by atoms with E-state index >= 15 is 0 Å². The molecule has 15 heavy (non-hydrogen) atoms. The van der Waals surface area contributed by atoms with Crippen LogP contribution in [0.15, 0.2) is 16.6 Å². The third-order valence-electron chi connectivity index (χ3n) is 3.22. The number of phenols is 1. The molecule has 0 spiro atoms. The van der Waals surface area contributed by atoms with Crippen molar-refractivity contribution >= 4 is 15.9 Å². The highest BCUT2D eigenvalue weighted by atomic mass is 79.9. The van der Waals surface area contributed by atoms with Gasteiger partial charge in [-0.25, -0.2) is 4.39 Å². The molecule has 0 amide bonds. The summed E-state index contributed by atoms with van der Waals surface area (Å²) < 4.78 is 13.6. The van der Waals surface area contributed by atoms with Crippen molar-refractivity contribution in [1.29, 1.82) is 0 Å². The van der Waals surface area contributed by atoms with Crippen LogP contribution in [0.5, 0.6) is 5.75 Å². The van der Waals surface area contributed by atoms with Crippen LogP contribution in [0.2, 0.25) is 0 Å². The molecule has 1 aromatic rings. The molecule has 1 aliphatic carbocycles. The normalized spacial score (nSPS) is 20.0. The van der Waals surface area contributed by atoms with Crippen LogP contribution in [0.4, 0.5) is 4.39 Å². The van der Waals surface area contributed by atoms with Gasteiger partial charge < -0.3 is 10.8 Å². The largest absolute Gasteiger partial charge is 0.506 e. The number of phenolic OH excluding ortho intramolecular Hbond substituents is 1. The third kappa shape index (κ3) is 1.66. The number of hydrogen-bond acceptors (Lipinski definition) is 2. The van der Waals surface area contributed by atoms with Gasteiger partial charge in [-0.15, -0.1) is 0 Å². The Bertz CT molecular complexity index is 402. The van der Waals surface area contributed by atoms with Gasteiger partial charge in [-0.1, -0.05) is 0 Å². The Labute approximate surface area is 96.4 Å². The zero-order valence-electron chi connectivity index (χ0n) is 8.43. The fraction of sp³-hybridized carbons (Fsp3) is 0.455. The molecule has 3 N–H and O–H groups in total. The highest BCUT2D eigenvalue weighted by Crippen LogP contribution is 2.54. The van der Waals surface area contributed by atoms with Gasteiger partial charge in [0, 0.05) is 17.0 Å². The smallest absolute Gasteiger partial charge is 0.133 e. The molecule has 1 aliphatic rings. The molecule has 0 radical (unpaired) electrons. The average molecular weight is 274 g/mol. The van der Waals surface area contributed by atoms with Gasteiger partial charge in [-0.3, -0.25) is 0 Å². The number of hydrogen-bond donors (Lipinski definition) is 2. The van der Waals surface area contributed by atoms with Crippen molar-refractivity contribution in [2.75, 3.05) is 0 Å². The van der Waals surface area contributed by atoms with Gasteiger partial charge in [0.1, 0.15) is 11.6 Å². The summed E-state index contributed by atoms with van der Waals surface area (Å²) in [5.74, 6) is -0.229. The van der Waals surface area contributed by atoms with Gasteiger partial charge in [-0.2, -0.15) is 0 Å². The van der Waals surface area contributed by atoms with Crippen LogP contribution >= 0.6 is 15.9 Å². The molecule has 1 saturated carbocycles. The zero-order chi connectivity index (χ0) is 11.2. The van der Waals surface area contributed by atoms with Crippen molar-refractivity contribution in [3.8, 4) is 5.75 Å². The van der Waals surface area contributed by atoms with Crippen molar-refractivity contribution in [3.63, 3.8) is 0 Å². The molecule has 2 nitrogen and oxygen atoms in total. The van der Waals surface area contributed by atoms with E-state index in [9.17, 15) is 9.50 Å². The number of nitrogens with two attached hydrogens (primary N) is 1. The van der Waals surface area contributed by atoms with Crippen molar-refractivity contribution in [3.05, 3.63) is 28.0 Å². The lowest BCUT2D eigenvalue weighted by Gasteiger charge is -2.21. The lowest BCUT2D eigenvalue weighted by Crippen LogP contribution is -2.31. The van der Waals surface area contributed by atoms with Crippen LogP contribution in [0.1, 0.15) is 25.3 Å². The monoisotopic (exact) mass is 273 g/mol. The lowest BCUT2D eigenvalue weighted by atomic mass is 9.89. The molecular weight excluding hydrogens is 261 g/mol. The summed E-state index contributed by atoms with van der Waals surface area (Å²) in [6.45, 7) is 1.89. The Balaban J connectivity index is 2.53. The van der Waals surface area contributed by atoms with Crippen LogP contribution in [0.3, 0.4) is 0 Å². The van der Waals surface area contributed by atoms with E-state index in [1.807, 2.05) is 6.92 Å². The van der Waals surface area contributed by atoms with Crippen molar-refractivity contribution in [2.45, 2.75) is 31.2 Å².